The lowest BCUT2D eigenvalue weighted by Gasteiger charge is -2.39. The number of anilines is 1. The summed E-state index contributed by atoms with van der Waals surface area (Å²) in [6, 6.07) is 6.01. The van der Waals surface area contributed by atoms with Crippen LogP contribution in [0.2, 0.25) is 0 Å². The largest absolute Gasteiger partial charge is 0.430 e. The zero-order valence-electron chi connectivity index (χ0n) is 19.5. The number of halogens is 7. The van der Waals surface area contributed by atoms with Crippen molar-refractivity contribution in [3.05, 3.63) is 71.2 Å². The maximum Gasteiger partial charge on any atom is 0.430 e. The summed E-state index contributed by atoms with van der Waals surface area (Å²) in [6.07, 6.45) is -13.0. The molecule has 1 unspecified atom stereocenters. The van der Waals surface area contributed by atoms with Crippen LogP contribution in [0.3, 0.4) is 0 Å². The van der Waals surface area contributed by atoms with E-state index >= 15 is 0 Å². The molecule has 0 amide bonds. The molecule has 4 rings (SSSR count). The highest BCUT2D eigenvalue weighted by Gasteiger charge is 2.71. The zero-order valence-corrected chi connectivity index (χ0v) is 20.3. The van der Waals surface area contributed by atoms with Crippen LogP contribution in [0, 0.1) is 17.1 Å². The maximum atomic E-state index is 13.7. The second-order valence-electron chi connectivity index (χ2n) is 8.63. The summed E-state index contributed by atoms with van der Waals surface area (Å²) >= 11 is 0. The Labute approximate surface area is 216 Å². The molecule has 1 aromatic heterocycles. The van der Waals surface area contributed by atoms with Crippen LogP contribution in [0.15, 0.2) is 51.8 Å². The Morgan fingerprint density at radius 1 is 1.03 bits per heavy atom. The Morgan fingerprint density at radius 2 is 1.64 bits per heavy atom. The van der Waals surface area contributed by atoms with Crippen molar-refractivity contribution < 1.29 is 48.7 Å². The quantitative estimate of drug-likeness (QED) is 0.432. The standard InChI is InChI=1S/C23H17F7N4O4S/c24-15-3-6-17(7-4-15)39(36,37)34-16(12-20-33-32-19(38-20)9-10-31)5-1-13-11-14(2-8-18(13)34)21(35,22(25,26)27)23(28,29)30/h2-4,6-8,11,16,35H,1,5,9,12H2. The average molecular weight is 578 g/mol. The van der Waals surface area contributed by atoms with Crippen molar-refractivity contribution in [2.45, 2.75) is 54.6 Å². The fraction of sp³-hybridized carbons (Fsp3) is 0.348. The van der Waals surface area contributed by atoms with Crippen LogP contribution in [-0.2, 0) is 34.9 Å². The Kier molecular flexibility index (Phi) is 7.11. The molecular formula is C23H17F7N4O4S. The summed E-state index contributed by atoms with van der Waals surface area (Å²) in [4.78, 5) is -0.399. The Bertz CT molecular complexity index is 1500. The van der Waals surface area contributed by atoms with Gasteiger partial charge in [-0.15, -0.1) is 10.2 Å². The van der Waals surface area contributed by atoms with Gasteiger partial charge in [0.05, 0.1) is 22.7 Å². The van der Waals surface area contributed by atoms with E-state index in [0.29, 0.717) is 12.1 Å². The van der Waals surface area contributed by atoms with Gasteiger partial charge in [0.2, 0.25) is 11.8 Å². The van der Waals surface area contributed by atoms with Crippen molar-refractivity contribution >= 4 is 15.7 Å². The number of nitriles is 1. The molecule has 1 aliphatic heterocycles. The van der Waals surface area contributed by atoms with Crippen LogP contribution in [-0.4, -0.2) is 42.1 Å². The first-order valence-electron chi connectivity index (χ1n) is 11.1. The predicted octanol–water partition coefficient (Wildman–Crippen LogP) is 4.34. The summed E-state index contributed by atoms with van der Waals surface area (Å²) in [5.74, 6) is -0.850. The first kappa shape index (κ1) is 28.3. The average Bonchev–Trinajstić information content (AvgIpc) is 3.28. The van der Waals surface area contributed by atoms with Crippen molar-refractivity contribution in [3.8, 4) is 6.07 Å². The number of aliphatic hydroxyl groups is 1. The van der Waals surface area contributed by atoms with Gasteiger partial charge >= 0.3 is 12.4 Å². The molecule has 2 aromatic carbocycles. The summed E-state index contributed by atoms with van der Waals surface area (Å²) < 4.78 is 128. The van der Waals surface area contributed by atoms with Gasteiger partial charge in [0, 0.05) is 12.0 Å². The van der Waals surface area contributed by atoms with E-state index in [9.17, 15) is 44.3 Å². The van der Waals surface area contributed by atoms with E-state index in [-0.39, 0.29) is 48.7 Å². The number of aromatic nitrogens is 2. The molecule has 0 spiro atoms. The van der Waals surface area contributed by atoms with Crippen LogP contribution in [0.25, 0.3) is 0 Å². The number of aryl methyl sites for hydroxylation is 1. The monoisotopic (exact) mass is 578 g/mol. The molecule has 39 heavy (non-hydrogen) atoms. The maximum absolute atomic E-state index is 13.7. The minimum Gasteiger partial charge on any atom is -0.424 e. The highest BCUT2D eigenvalue weighted by atomic mass is 32.2. The SMILES string of the molecule is N#CCc1nnc(CC2CCc3cc(C(O)(C(F)(F)F)C(F)(F)F)ccc3N2S(=O)(=O)c2ccc(F)cc2)o1. The van der Waals surface area contributed by atoms with Crippen molar-refractivity contribution in [1.29, 1.82) is 5.26 Å². The molecule has 1 N–H and O–H groups in total. The molecule has 208 valence electrons. The number of sulfonamides is 1. The van der Waals surface area contributed by atoms with Gasteiger partial charge in [-0.05, 0) is 48.7 Å². The van der Waals surface area contributed by atoms with Gasteiger partial charge in [-0.25, -0.2) is 12.8 Å². The molecule has 3 aromatic rings. The normalized spacial score (nSPS) is 16.6. The van der Waals surface area contributed by atoms with Crippen molar-refractivity contribution in [2.75, 3.05) is 4.31 Å². The lowest BCUT2D eigenvalue weighted by atomic mass is 9.87. The lowest BCUT2D eigenvalue weighted by Crippen LogP contribution is -2.54. The van der Waals surface area contributed by atoms with Crippen molar-refractivity contribution in [1.82, 2.24) is 10.2 Å². The smallest absolute Gasteiger partial charge is 0.424 e. The van der Waals surface area contributed by atoms with Gasteiger partial charge in [-0.1, -0.05) is 12.1 Å². The number of fused-ring (bicyclic) bond motifs is 1. The second kappa shape index (κ2) is 9.79. The number of alkyl halides is 6. The van der Waals surface area contributed by atoms with E-state index in [1.54, 1.807) is 6.07 Å². The molecule has 0 saturated heterocycles. The van der Waals surface area contributed by atoms with Crippen molar-refractivity contribution in [3.63, 3.8) is 0 Å². The van der Waals surface area contributed by atoms with E-state index in [4.69, 9.17) is 9.68 Å². The molecule has 0 radical (unpaired) electrons. The van der Waals surface area contributed by atoms with E-state index in [0.717, 1.165) is 34.6 Å². The minimum absolute atomic E-state index is 0.0418. The van der Waals surface area contributed by atoms with Gasteiger partial charge < -0.3 is 9.52 Å². The van der Waals surface area contributed by atoms with E-state index in [1.807, 2.05) is 0 Å². The number of benzene rings is 2. The summed E-state index contributed by atoms with van der Waals surface area (Å²) in [7, 11) is -4.55. The lowest BCUT2D eigenvalue weighted by molar-refractivity contribution is -0.376. The van der Waals surface area contributed by atoms with Crippen LogP contribution < -0.4 is 4.31 Å². The zero-order chi connectivity index (χ0) is 28.8. The third-order valence-electron chi connectivity index (χ3n) is 6.15. The molecule has 0 saturated carbocycles. The summed E-state index contributed by atoms with van der Waals surface area (Å²) in [6.45, 7) is 0. The summed E-state index contributed by atoms with van der Waals surface area (Å²) in [5.41, 5.74) is -7.19. The molecule has 2 heterocycles. The Morgan fingerprint density at radius 3 is 2.23 bits per heavy atom. The van der Waals surface area contributed by atoms with Crippen LogP contribution in [0.1, 0.15) is 29.3 Å². The molecule has 8 nitrogen and oxygen atoms in total. The first-order chi connectivity index (χ1) is 18.1. The Hall–Kier alpha value is -3.71. The fourth-order valence-corrected chi connectivity index (χ4v) is 6.01. The molecule has 16 heteroatoms. The van der Waals surface area contributed by atoms with Gasteiger partial charge in [0.15, 0.2) is 0 Å². The van der Waals surface area contributed by atoms with Gasteiger partial charge in [0.1, 0.15) is 12.2 Å². The van der Waals surface area contributed by atoms with Gasteiger partial charge in [0.25, 0.3) is 15.6 Å². The molecule has 0 bridgehead atoms. The van der Waals surface area contributed by atoms with Gasteiger partial charge in [-0.2, -0.15) is 31.6 Å². The molecule has 0 fully saturated rings. The topological polar surface area (TPSA) is 120 Å². The second-order valence-corrected chi connectivity index (χ2v) is 10.4. The third-order valence-corrected chi connectivity index (χ3v) is 8.03. The van der Waals surface area contributed by atoms with Crippen molar-refractivity contribution in [2.24, 2.45) is 0 Å². The minimum atomic E-state index is -6.13. The van der Waals surface area contributed by atoms with E-state index in [1.165, 1.54) is 0 Å². The molecule has 0 aliphatic carbocycles. The highest BCUT2D eigenvalue weighted by Crippen LogP contribution is 2.51. The van der Waals surface area contributed by atoms with Crippen LogP contribution in [0.5, 0.6) is 0 Å². The Balaban J connectivity index is 1.84. The summed E-state index contributed by atoms with van der Waals surface area (Å²) in [5, 5.41) is 26.0. The molecule has 1 aliphatic rings. The number of rotatable bonds is 6. The van der Waals surface area contributed by atoms with Crippen LogP contribution in [0.4, 0.5) is 36.4 Å². The molecular weight excluding hydrogens is 561 g/mol. The highest BCUT2D eigenvalue weighted by molar-refractivity contribution is 7.92. The van der Waals surface area contributed by atoms with Crippen LogP contribution >= 0.6 is 0 Å². The predicted molar refractivity (Wildman–Crippen MR) is 118 cm³/mol. The number of hydrogen-bond donors (Lipinski definition) is 1. The first-order valence-corrected chi connectivity index (χ1v) is 12.5. The number of hydrogen-bond acceptors (Lipinski definition) is 7. The number of nitrogens with zero attached hydrogens (tertiary/aromatic N) is 4. The fourth-order valence-electron chi connectivity index (χ4n) is 4.29. The van der Waals surface area contributed by atoms with E-state index < -0.39 is 50.3 Å². The van der Waals surface area contributed by atoms with Gasteiger partial charge in [-0.3, -0.25) is 4.31 Å². The third kappa shape index (κ3) is 5.03. The molecule has 1 atom stereocenters. The van der Waals surface area contributed by atoms with E-state index in [2.05, 4.69) is 10.2 Å².